The zero-order valence-electron chi connectivity index (χ0n) is 13.4. The SMILES string of the molecule is CCc1cccc(CC)c1N(COCC(C)C)C(C)=O. The lowest BCUT2D eigenvalue weighted by molar-refractivity contribution is -0.117. The van der Waals surface area contributed by atoms with Crippen LogP contribution in [0.2, 0.25) is 0 Å². The van der Waals surface area contributed by atoms with Gasteiger partial charge in [-0.3, -0.25) is 9.69 Å². The van der Waals surface area contributed by atoms with Crippen molar-refractivity contribution >= 4 is 11.6 Å². The first-order valence-electron chi connectivity index (χ1n) is 7.47. The summed E-state index contributed by atoms with van der Waals surface area (Å²) in [6.07, 6.45) is 1.83. The Labute approximate surface area is 122 Å². The minimum Gasteiger partial charge on any atom is -0.360 e. The van der Waals surface area contributed by atoms with Crippen molar-refractivity contribution in [1.82, 2.24) is 0 Å². The van der Waals surface area contributed by atoms with Crippen LogP contribution in [-0.2, 0) is 22.4 Å². The monoisotopic (exact) mass is 277 g/mol. The molecule has 20 heavy (non-hydrogen) atoms. The summed E-state index contributed by atoms with van der Waals surface area (Å²) in [5, 5.41) is 0. The van der Waals surface area contributed by atoms with Gasteiger partial charge in [0.25, 0.3) is 0 Å². The molecule has 0 aliphatic carbocycles. The summed E-state index contributed by atoms with van der Waals surface area (Å²) >= 11 is 0. The molecule has 0 aliphatic heterocycles. The largest absolute Gasteiger partial charge is 0.360 e. The first-order valence-corrected chi connectivity index (χ1v) is 7.47. The average molecular weight is 277 g/mol. The first kappa shape index (κ1) is 16.7. The van der Waals surface area contributed by atoms with Gasteiger partial charge in [-0.2, -0.15) is 0 Å². The predicted molar refractivity (Wildman–Crippen MR) is 84.0 cm³/mol. The van der Waals surface area contributed by atoms with Crippen LogP contribution in [0.1, 0.15) is 45.7 Å². The van der Waals surface area contributed by atoms with Gasteiger partial charge >= 0.3 is 0 Å². The van der Waals surface area contributed by atoms with Gasteiger partial charge in [0.2, 0.25) is 5.91 Å². The molecule has 0 fully saturated rings. The molecule has 112 valence electrons. The van der Waals surface area contributed by atoms with Gasteiger partial charge in [-0.1, -0.05) is 45.9 Å². The second kappa shape index (κ2) is 8.05. The van der Waals surface area contributed by atoms with E-state index in [0.717, 1.165) is 18.5 Å². The molecule has 1 aromatic carbocycles. The van der Waals surface area contributed by atoms with Crippen LogP contribution in [0, 0.1) is 5.92 Å². The highest BCUT2D eigenvalue weighted by Gasteiger charge is 2.18. The van der Waals surface area contributed by atoms with Gasteiger partial charge in [0.1, 0.15) is 6.73 Å². The lowest BCUT2D eigenvalue weighted by Gasteiger charge is -2.26. The Hall–Kier alpha value is -1.35. The third-order valence-electron chi connectivity index (χ3n) is 3.29. The zero-order valence-corrected chi connectivity index (χ0v) is 13.4. The maximum atomic E-state index is 12.0. The molecule has 1 rings (SSSR count). The Kier molecular flexibility index (Phi) is 6.73. The second-order valence-electron chi connectivity index (χ2n) is 5.47. The molecule has 0 N–H and O–H groups in total. The number of rotatable bonds is 7. The molecule has 0 radical (unpaired) electrons. The molecule has 0 unspecified atom stereocenters. The number of aryl methyl sites for hydroxylation is 2. The lowest BCUT2D eigenvalue weighted by atomic mass is 10.0. The number of nitrogens with zero attached hydrogens (tertiary/aromatic N) is 1. The van der Waals surface area contributed by atoms with E-state index < -0.39 is 0 Å². The smallest absolute Gasteiger partial charge is 0.225 e. The van der Waals surface area contributed by atoms with E-state index in [1.807, 2.05) is 0 Å². The lowest BCUT2D eigenvalue weighted by Crippen LogP contribution is -2.33. The van der Waals surface area contributed by atoms with Crippen molar-refractivity contribution in [1.29, 1.82) is 0 Å². The van der Waals surface area contributed by atoms with E-state index in [0.29, 0.717) is 19.3 Å². The summed E-state index contributed by atoms with van der Waals surface area (Å²) in [5.74, 6) is 0.500. The van der Waals surface area contributed by atoms with E-state index in [2.05, 4.69) is 45.9 Å². The molecule has 0 aromatic heterocycles. The molecule has 0 aliphatic rings. The molecule has 0 saturated carbocycles. The average Bonchev–Trinajstić information content (AvgIpc) is 2.42. The number of ether oxygens (including phenoxy) is 1. The summed E-state index contributed by atoms with van der Waals surface area (Å²) in [6, 6.07) is 6.24. The fraction of sp³-hybridized carbons (Fsp3) is 0.588. The topological polar surface area (TPSA) is 29.5 Å². The standard InChI is InChI=1S/C17H27NO2/c1-6-15-9-8-10-16(7-2)17(15)18(14(5)19)12-20-11-13(3)4/h8-10,13H,6-7,11-12H2,1-5H3. The van der Waals surface area contributed by atoms with E-state index in [4.69, 9.17) is 4.74 Å². The molecule has 0 bridgehead atoms. The number of carbonyl (C=O) groups excluding carboxylic acids is 1. The van der Waals surface area contributed by atoms with Gasteiger partial charge < -0.3 is 4.74 Å². The van der Waals surface area contributed by atoms with Crippen molar-refractivity contribution in [2.45, 2.75) is 47.5 Å². The predicted octanol–water partition coefficient (Wildman–Crippen LogP) is 3.79. The van der Waals surface area contributed by atoms with Gasteiger partial charge in [-0.05, 0) is 29.9 Å². The molecule has 0 heterocycles. The van der Waals surface area contributed by atoms with Gasteiger partial charge in [0, 0.05) is 6.92 Å². The van der Waals surface area contributed by atoms with Crippen LogP contribution in [0.3, 0.4) is 0 Å². The van der Waals surface area contributed by atoms with Crippen molar-refractivity contribution < 1.29 is 9.53 Å². The van der Waals surface area contributed by atoms with Crippen molar-refractivity contribution in [3.05, 3.63) is 29.3 Å². The minimum absolute atomic E-state index is 0.0318. The molecule has 1 amide bonds. The number of anilines is 1. The van der Waals surface area contributed by atoms with Gasteiger partial charge in [0.15, 0.2) is 0 Å². The fourth-order valence-electron chi connectivity index (χ4n) is 2.25. The number of carbonyl (C=O) groups is 1. The van der Waals surface area contributed by atoms with Gasteiger partial charge in [-0.25, -0.2) is 0 Å². The number of hydrogen-bond acceptors (Lipinski definition) is 2. The summed E-state index contributed by atoms with van der Waals surface area (Å²) in [5.41, 5.74) is 3.44. The second-order valence-corrected chi connectivity index (χ2v) is 5.47. The maximum Gasteiger partial charge on any atom is 0.225 e. The van der Waals surface area contributed by atoms with Crippen LogP contribution in [0.4, 0.5) is 5.69 Å². The fourth-order valence-corrected chi connectivity index (χ4v) is 2.25. The minimum atomic E-state index is 0.0318. The van der Waals surface area contributed by atoms with E-state index in [1.54, 1.807) is 11.8 Å². The van der Waals surface area contributed by atoms with E-state index in [-0.39, 0.29) is 5.91 Å². The van der Waals surface area contributed by atoms with E-state index in [9.17, 15) is 4.79 Å². The molecule has 3 heteroatoms. The van der Waals surface area contributed by atoms with E-state index in [1.165, 1.54) is 11.1 Å². The van der Waals surface area contributed by atoms with Crippen molar-refractivity contribution in [3.63, 3.8) is 0 Å². The number of hydrogen-bond donors (Lipinski definition) is 0. The van der Waals surface area contributed by atoms with Crippen LogP contribution in [0.5, 0.6) is 0 Å². The highest BCUT2D eigenvalue weighted by atomic mass is 16.5. The number of benzene rings is 1. The van der Waals surface area contributed by atoms with Crippen LogP contribution < -0.4 is 4.90 Å². The van der Waals surface area contributed by atoms with Crippen LogP contribution >= 0.6 is 0 Å². The third kappa shape index (κ3) is 4.34. The summed E-state index contributed by atoms with van der Waals surface area (Å²) < 4.78 is 5.68. The highest BCUT2D eigenvalue weighted by molar-refractivity contribution is 5.93. The normalized spacial score (nSPS) is 10.9. The zero-order chi connectivity index (χ0) is 15.1. The summed E-state index contributed by atoms with van der Waals surface area (Å²) in [4.78, 5) is 13.8. The Balaban J connectivity index is 3.04. The quantitative estimate of drug-likeness (QED) is 0.710. The summed E-state index contributed by atoms with van der Waals surface area (Å²) in [6.45, 7) is 11.0. The van der Waals surface area contributed by atoms with Crippen molar-refractivity contribution in [2.75, 3.05) is 18.2 Å². The molecule has 0 saturated heterocycles. The Bertz CT molecular complexity index is 418. The first-order chi connectivity index (χ1) is 9.51. The van der Waals surface area contributed by atoms with Gasteiger partial charge in [-0.15, -0.1) is 0 Å². The van der Waals surface area contributed by atoms with Crippen molar-refractivity contribution in [3.8, 4) is 0 Å². The number of amides is 1. The van der Waals surface area contributed by atoms with Gasteiger partial charge in [0.05, 0.1) is 12.3 Å². The molecule has 3 nitrogen and oxygen atoms in total. The third-order valence-corrected chi connectivity index (χ3v) is 3.29. The maximum absolute atomic E-state index is 12.0. The molecule has 0 atom stereocenters. The van der Waals surface area contributed by atoms with Crippen LogP contribution in [-0.4, -0.2) is 19.2 Å². The Morgan fingerprint density at radius 3 is 2.15 bits per heavy atom. The summed E-state index contributed by atoms with van der Waals surface area (Å²) in [7, 11) is 0. The molecule has 0 spiro atoms. The van der Waals surface area contributed by atoms with Crippen molar-refractivity contribution in [2.24, 2.45) is 5.92 Å². The van der Waals surface area contributed by atoms with Crippen LogP contribution in [0.25, 0.3) is 0 Å². The van der Waals surface area contributed by atoms with E-state index >= 15 is 0 Å². The highest BCUT2D eigenvalue weighted by Crippen LogP contribution is 2.27. The Morgan fingerprint density at radius 1 is 1.20 bits per heavy atom. The Morgan fingerprint density at radius 2 is 1.75 bits per heavy atom. The molecule has 1 aromatic rings. The van der Waals surface area contributed by atoms with Crippen LogP contribution in [0.15, 0.2) is 18.2 Å². The molecular formula is C17H27NO2. The number of para-hydroxylation sites is 1. The molecular weight excluding hydrogens is 250 g/mol.